The normalized spacial score (nSPS) is 12.9. The van der Waals surface area contributed by atoms with Crippen molar-refractivity contribution in [1.29, 1.82) is 0 Å². The van der Waals surface area contributed by atoms with Gasteiger partial charge in [-0.3, -0.25) is 0 Å². The molecule has 1 aromatic heterocycles. The average Bonchev–Trinajstić information content (AvgIpc) is 3.80. The summed E-state index contributed by atoms with van der Waals surface area (Å²) >= 11 is 0. The van der Waals surface area contributed by atoms with E-state index in [-0.39, 0.29) is 0 Å². The quantitative estimate of drug-likeness (QED) is 0.164. The number of aromatic nitrogens is 1. The summed E-state index contributed by atoms with van der Waals surface area (Å²) in [4.78, 5) is 2.43. The Labute approximate surface area is 343 Å². The third-order valence-electron chi connectivity index (χ3n) is 12.6. The minimum atomic E-state index is -0.557. The molecule has 1 heterocycles. The lowest BCUT2D eigenvalue weighted by Gasteiger charge is -2.35. The summed E-state index contributed by atoms with van der Waals surface area (Å²) in [5, 5.41) is 7.46. The van der Waals surface area contributed by atoms with Gasteiger partial charge in [0, 0.05) is 33.5 Å². The molecule has 276 valence electrons. The molecule has 0 saturated carbocycles. The fourth-order valence-electron chi connectivity index (χ4n) is 10.1. The number of anilines is 3. The zero-order valence-corrected chi connectivity index (χ0v) is 32.3. The van der Waals surface area contributed by atoms with Gasteiger partial charge in [-0.25, -0.2) is 0 Å². The Morgan fingerprint density at radius 3 is 1.66 bits per heavy atom. The summed E-state index contributed by atoms with van der Waals surface area (Å²) in [5.41, 5.74) is 13.9. The Morgan fingerprint density at radius 2 is 0.898 bits per heavy atom. The third-order valence-corrected chi connectivity index (χ3v) is 12.6. The maximum Gasteiger partial charge on any atom is 0.0720 e. The minimum Gasteiger partial charge on any atom is -0.310 e. The van der Waals surface area contributed by atoms with Crippen LogP contribution in [0.4, 0.5) is 17.1 Å². The molecule has 0 amide bonds. The number of fused-ring (bicyclic) bond motifs is 9. The molecule has 0 radical (unpaired) electrons. The molecule has 59 heavy (non-hydrogen) atoms. The Morgan fingerprint density at radius 1 is 0.339 bits per heavy atom. The van der Waals surface area contributed by atoms with Gasteiger partial charge in [-0.2, -0.15) is 0 Å². The largest absolute Gasteiger partial charge is 0.310 e. The molecule has 2 nitrogen and oxygen atoms in total. The lowest BCUT2D eigenvalue weighted by atomic mass is 9.66. The second-order valence-corrected chi connectivity index (χ2v) is 15.7. The summed E-state index contributed by atoms with van der Waals surface area (Å²) in [7, 11) is 0. The Hall–Kier alpha value is -7.68. The standard InChI is InChI=1S/C57H38N2/c1-4-19-42(20-5-1)57(43-21-6-2-7-22-43)53-37-46(31-34-49(53)52-33-29-40-17-12-13-25-48(40)56(52)57)58(44-23-8-3-9-24-44)47-32-35-51-50-26-14-15-27-54(50)59(55(51)38-47)45-30-28-39-16-10-11-18-41(39)36-45/h1-38H. The summed E-state index contributed by atoms with van der Waals surface area (Å²) in [6.07, 6.45) is 0. The van der Waals surface area contributed by atoms with Crippen molar-refractivity contribution in [3.63, 3.8) is 0 Å². The van der Waals surface area contributed by atoms with Gasteiger partial charge in [-0.05, 0) is 110 Å². The van der Waals surface area contributed by atoms with E-state index in [9.17, 15) is 0 Å². The van der Waals surface area contributed by atoms with E-state index in [1.807, 2.05) is 0 Å². The molecule has 0 aliphatic heterocycles. The van der Waals surface area contributed by atoms with Crippen LogP contribution >= 0.6 is 0 Å². The molecule has 1 aliphatic rings. The molecule has 1 aliphatic carbocycles. The molecule has 0 unspecified atom stereocenters. The van der Waals surface area contributed by atoms with Gasteiger partial charge in [-0.15, -0.1) is 0 Å². The Balaban J connectivity index is 1.13. The van der Waals surface area contributed by atoms with Crippen LogP contribution in [0, 0.1) is 0 Å². The second-order valence-electron chi connectivity index (χ2n) is 15.7. The highest BCUT2D eigenvalue weighted by atomic mass is 15.1. The summed E-state index contributed by atoms with van der Waals surface area (Å²) in [6.45, 7) is 0. The minimum absolute atomic E-state index is 0.557. The van der Waals surface area contributed by atoms with Crippen molar-refractivity contribution >= 4 is 60.4 Å². The summed E-state index contributed by atoms with van der Waals surface area (Å²) in [6, 6.07) is 85.0. The first-order chi connectivity index (χ1) is 29.3. The van der Waals surface area contributed by atoms with Gasteiger partial charge in [0.1, 0.15) is 0 Å². The molecule has 0 N–H and O–H groups in total. The lowest BCUT2D eigenvalue weighted by Crippen LogP contribution is -2.29. The number of hydrogen-bond acceptors (Lipinski definition) is 1. The predicted octanol–water partition coefficient (Wildman–Crippen LogP) is 14.9. The van der Waals surface area contributed by atoms with Crippen LogP contribution in [0.1, 0.15) is 22.3 Å². The van der Waals surface area contributed by atoms with E-state index in [1.54, 1.807) is 0 Å². The van der Waals surface area contributed by atoms with Crippen molar-refractivity contribution in [1.82, 2.24) is 4.57 Å². The van der Waals surface area contributed by atoms with Crippen LogP contribution in [-0.2, 0) is 5.41 Å². The molecular formula is C57H38N2. The lowest BCUT2D eigenvalue weighted by molar-refractivity contribution is 0.775. The zero-order valence-electron chi connectivity index (χ0n) is 32.3. The number of rotatable bonds is 6. The highest BCUT2D eigenvalue weighted by Crippen LogP contribution is 2.59. The molecule has 12 rings (SSSR count). The first kappa shape index (κ1) is 33.5. The van der Waals surface area contributed by atoms with Crippen LogP contribution in [0.5, 0.6) is 0 Å². The van der Waals surface area contributed by atoms with E-state index in [4.69, 9.17) is 0 Å². The molecule has 10 aromatic carbocycles. The number of para-hydroxylation sites is 2. The number of benzene rings is 10. The highest BCUT2D eigenvalue weighted by molar-refractivity contribution is 6.11. The van der Waals surface area contributed by atoms with Crippen molar-refractivity contribution in [3.8, 4) is 16.8 Å². The fourth-order valence-corrected chi connectivity index (χ4v) is 10.1. The van der Waals surface area contributed by atoms with E-state index in [1.165, 1.54) is 76.7 Å². The molecular weight excluding hydrogens is 713 g/mol. The van der Waals surface area contributed by atoms with Gasteiger partial charge < -0.3 is 9.47 Å². The van der Waals surface area contributed by atoms with Gasteiger partial charge in [0.2, 0.25) is 0 Å². The molecule has 11 aromatic rings. The predicted molar refractivity (Wildman–Crippen MR) is 248 cm³/mol. The van der Waals surface area contributed by atoms with Gasteiger partial charge in [0.05, 0.1) is 16.4 Å². The van der Waals surface area contributed by atoms with E-state index in [0.717, 1.165) is 22.7 Å². The zero-order chi connectivity index (χ0) is 38.9. The van der Waals surface area contributed by atoms with Crippen LogP contribution in [0.25, 0.3) is 60.2 Å². The molecule has 0 saturated heterocycles. The van der Waals surface area contributed by atoms with Crippen molar-refractivity contribution in [3.05, 3.63) is 253 Å². The summed E-state index contributed by atoms with van der Waals surface area (Å²) in [5.74, 6) is 0. The summed E-state index contributed by atoms with van der Waals surface area (Å²) < 4.78 is 2.43. The number of nitrogens with zero attached hydrogens (tertiary/aromatic N) is 2. The van der Waals surface area contributed by atoms with Crippen molar-refractivity contribution in [2.24, 2.45) is 0 Å². The van der Waals surface area contributed by atoms with Crippen LogP contribution in [0.3, 0.4) is 0 Å². The van der Waals surface area contributed by atoms with Crippen molar-refractivity contribution in [2.45, 2.75) is 5.41 Å². The first-order valence-corrected chi connectivity index (χ1v) is 20.4. The first-order valence-electron chi connectivity index (χ1n) is 20.4. The van der Waals surface area contributed by atoms with E-state index < -0.39 is 5.41 Å². The van der Waals surface area contributed by atoms with Gasteiger partial charge in [0.25, 0.3) is 0 Å². The molecule has 0 bridgehead atoms. The molecule has 0 spiro atoms. The fraction of sp³-hybridized carbons (Fsp3) is 0.0175. The maximum absolute atomic E-state index is 2.47. The van der Waals surface area contributed by atoms with Crippen LogP contribution < -0.4 is 4.90 Å². The van der Waals surface area contributed by atoms with E-state index in [0.29, 0.717) is 0 Å². The van der Waals surface area contributed by atoms with Crippen LogP contribution in [0.15, 0.2) is 231 Å². The average molecular weight is 751 g/mol. The van der Waals surface area contributed by atoms with Gasteiger partial charge >= 0.3 is 0 Å². The maximum atomic E-state index is 2.47. The smallest absolute Gasteiger partial charge is 0.0720 e. The van der Waals surface area contributed by atoms with Crippen LogP contribution in [-0.4, -0.2) is 4.57 Å². The van der Waals surface area contributed by atoms with Crippen molar-refractivity contribution in [2.75, 3.05) is 4.90 Å². The van der Waals surface area contributed by atoms with Crippen LogP contribution in [0.2, 0.25) is 0 Å². The highest BCUT2D eigenvalue weighted by Gasteiger charge is 2.47. The Kier molecular flexibility index (Phi) is 7.48. The van der Waals surface area contributed by atoms with Crippen molar-refractivity contribution < 1.29 is 0 Å². The number of hydrogen-bond donors (Lipinski definition) is 0. The molecule has 0 fully saturated rings. The second kappa shape index (κ2) is 13.2. The van der Waals surface area contributed by atoms with Gasteiger partial charge in [0.15, 0.2) is 0 Å². The third kappa shape index (κ3) is 5.00. The Bertz CT molecular complexity index is 3340. The molecule has 0 atom stereocenters. The monoisotopic (exact) mass is 750 g/mol. The van der Waals surface area contributed by atoms with E-state index >= 15 is 0 Å². The molecule has 2 heteroatoms. The topological polar surface area (TPSA) is 8.17 Å². The SMILES string of the molecule is c1ccc(N(c2ccc3c(c2)C(c2ccccc2)(c2ccccc2)c2c-3ccc3ccccc23)c2ccc3c4ccccc4n(-c4ccc5ccccc5c4)c3c2)cc1. The van der Waals surface area contributed by atoms with Gasteiger partial charge in [-0.1, -0.05) is 176 Å². The van der Waals surface area contributed by atoms with E-state index in [2.05, 4.69) is 240 Å².